The zero-order chi connectivity index (χ0) is 23.2. The molecule has 0 saturated carbocycles. The van der Waals surface area contributed by atoms with Crippen LogP contribution in [-0.4, -0.2) is 73.1 Å². The molecule has 0 heterocycles. The summed E-state index contributed by atoms with van der Waals surface area (Å²) in [6.45, 7) is 2.95. The fourth-order valence-electron chi connectivity index (χ4n) is 2.09. The molecule has 0 radical (unpaired) electrons. The van der Waals surface area contributed by atoms with Gasteiger partial charge >= 0.3 is 24.0 Å². The topological polar surface area (TPSA) is 96.5 Å². The number of urea groups is 2. The Kier molecular flexibility index (Phi) is 9.12. The maximum Gasteiger partial charge on any atom is 0.347 e. The Labute approximate surface area is 183 Å². The third-order valence-corrected chi connectivity index (χ3v) is 4.25. The summed E-state index contributed by atoms with van der Waals surface area (Å²) >= 11 is 10.6. The van der Waals surface area contributed by atoms with E-state index in [9.17, 15) is 23.6 Å². The molecule has 12 heteroatoms. The second-order valence-electron chi connectivity index (χ2n) is 6.09. The smallest absolute Gasteiger partial charge is 0.347 e. The number of carbonyl (C=O) groups is 4. The van der Waals surface area contributed by atoms with Crippen molar-refractivity contribution in [3.63, 3.8) is 0 Å². The molecule has 0 saturated heterocycles. The van der Waals surface area contributed by atoms with Gasteiger partial charge in [-0.15, -0.1) is 0 Å². The Morgan fingerprint density at radius 3 is 2.30 bits per heavy atom. The van der Waals surface area contributed by atoms with Gasteiger partial charge in [0.05, 0.1) is 28.4 Å². The van der Waals surface area contributed by atoms with Gasteiger partial charge in [0, 0.05) is 21.1 Å². The first-order valence-corrected chi connectivity index (χ1v) is 9.41. The summed E-state index contributed by atoms with van der Waals surface area (Å²) in [4.78, 5) is 51.7. The highest BCUT2D eigenvalue weighted by molar-refractivity contribution is 7.78. The number of thiocarbonyl (C=S) groups is 1. The van der Waals surface area contributed by atoms with Crippen LogP contribution in [0.2, 0.25) is 5.02 Å². The molecule has 0 aromatic heterocycles. The summed E-state index contributed by atoms with van der Waals surface area (Å²) in [6, 6.07) is -0.231. The predicted octanol–water partition coefficient (Wildman–Crippen LogP) is 3.08. The van der Waals surface area contributed by atoms with Gasteiger partial charge in [0.25, 0.3) is 0 Å². The summed E-state index contributed by atoms with van der Waals surface area (Å²) in [5.74, 6) is -2.91. The monoisotopic (exact) mass is 461 g/mol. The van der Waals surface area contributed by atoms with Crippen molar-refractivity contribution in [2.24, 2.45) is 0 Å². The largest absolute Gasteiger partial charge is 0.463 e. The van der Waals surface area contributed by atoms with Crippen LogP contribution in [0.3, 0.4) is 0 Å². The number of hydrogen-bond acceptors (Lipinski definition) is 7. The Morgan fingerprint density at radius 2 is 1.80 bits per heavy atom. The Balaban J connectivity index is 3.43. The van der Waals surface area contributed by atoms with Crippen LogP contribution in [0.15, 0.2) is 12.1 Å². The van der Waals surface area contributed by atoms with Gasteiger partial charge in [0.1, 0.15) is 5.82 Å². The van der Waals surface area contributed by atoms with Gasteiger partial charge in [-0.3, -0.25) is 4.90 Å². The first kappa shape index (κ1) is 25.2. The minimum absolute atomic E-state index is 0.0826. The molecule has 9 nitrogen and oxygen atoms in total. The van der Waals surface area contributed by atoms with E-state index in [-0.39, 0.29) is 17.2 Å². The minimum Gasteiger partial charge on any atom is -0.463 e. The summed E-state index contributed by atoms with van der Waals surface area (Å²) in [5, 5.41) is -0.342. The number of nitrogens with zero attached hydrogens (tertiary/aromatic N) is 3. The highest BCUT2D eigenvalue weighted by atomic mass is 35.5. The minimum atomic E-state index is -1.26. The molecule has 0 aliphatic rings. The SMILES string of the molecule is CCOC(=O)C(C)OC(=O)c1cc(N(C(=O)N(C)C)C(=O)N(C)C=S)c(F)cc1Cl. The van der Waals surface area contributed by atoms with E-state index < -0.39 is 41.6 Å². The van der Waals surface area contributed by atoms with E-state index in [0.29, 0.717) is 4.90 Å². The maximum absolute atomic E-state index is 14.7. The molecule has 0 spiro atoms. The van der Waals surface area contributed by atoms with Gasteiger partial charge in [-0.05, 0) is 26.0 Å². The number of esters is 2. The molecule has 0 aliphatic carbocycles. The van der Waals surface area contributed by atoms with Crippen LogP contribution in [-0.2, 0) is 14.3 Å². The third-order valence-electron chi connectivity index (χ3n) is 3.62. The van der Waals surface area contributed by atoms with Crippen molar-refractivity contribution < 1.29 is 33.0 Å². The standard InChI is InChI=1S/C18H21ClFN3O6S/c1-6-28-15(24)10(2)29-16(25)11-7-14(13(20)8-12(11)19)23(17(26)21(3)4)18(27)22(5)9-30/h7-10H,6H2,1-5H3. The lowest BCUT2D eigenvalue weighted by atomic mass is 10.1. The normalized spacial score (nSPS) is 11.2. The molecular formula is C18H21ClFN3O6S. The van der Waals surface area contributed by atoms with Gasteiger partial charge in [-0.1, -0.05) is 23.8 Å². The van der Waals surface area contributed by atoms with Crippen LogP contribution >= 0.6 is 23.8 Å². The van der Waals surface area contributed by atoms with E-state index in [1.807, 2.05) is 0 Å². The van der Waals surface area contributed by atoms with Gasteiger partial charge in [-0.25, -0.2) is 28.5 Å². The van der Waals surface area contributed by atoms with E-state index in [0.717, 1.165) is 27.4 Å². The molecule has 1 rings (SSSR count). The maximum atomic E-state index is 14.7. The lowest BCUT2D eigenvalue weighted by Crippen LogP contribution is -2.48. The van der Waals surface area contributed by atoms with Crippen LogP contribution in [0, 0.1) is 5.82 Å². The molecule has 4 amide bonds. The molecular weight excluding hydrogens is 441 g/mol. The summed E-state index contributed by atoms with van der Waals surface area (Å²) in [6.07, 6.45) is -1.26. The zero-order valence-electron chi connectivity index (χ0n) is 17.0. The average Bonchev–Trinajstić information content (AvgIpc) is 2.68. The fourth-order valence-corrected chi connectivity index (χ4v) is 2.41. The lowest BCUT2D eigenvalue weighted by Gasteiger charge is -2.27. The fraction of sp³-hybridized carbons (Fsp3) is 0.389. The first-order valence-electron chi connectivity index (χ1n) is 8.56. The molecule has 0 bridgehead atoms. The number of amides is 4. The van der Waals surface area contributed by atoms with Crippen molar-refractivity contribution in [1.82, 2.24) is 9.80 Å². The highest BCUT2D eigenvalue weighted by Gasteiger charge is 2.32. The number of rotatable bonds is 6. The van der Waals surface area contributed by atoms with Crippen LogP contribution in [0.25, 0.3) is 0 Å². The number of hydrogen-bond donors (Lipinski definition) is 0. The highest BCUT2D eigenvalue weighted by Crippen LogP contribution is 2.29. The van der Waals surface area contributed by atoms with E-state index >= 15 is 0 Å². The summed E-state index contributed by atoms with van der Waals surface area (Å²) in [5.41, 5.74) is 0.0450. The summed E-state index contributed by atoms with van der Waals surface area (Å²) in [7, 11) is 3.98. The van der Waals surface area contributed by atoms with E-state index in [1.54, 1.807) is 6.92 Å². The number of carbonyl (C=O) groups excluding carboxylic acids is 4. The second kappa shape index (κ2) is 10.8. The molecule has 1 aromatic carbocycles. The van der Waals surface area contributed by atoms with Crippen LogP contribution in [0.5, 0.6) is 0 Å². The number of benzene rings is 1. The van der Waals surface area contributed by atoms with Gasteiger partial charge in [-0.2, -0.15) is 0 Å². The van der Waals surface area contributed by atoms with E-state index in [1.165, 1.54) is 28.1 Å². The average molecular weight is 462 g/mol. The van der Waals surface area contributed by atoms with Gasteiger partial charge in [0.2, 0.25) is 0 Å². The van der Waals surface area contributed by atoms with Crippen molar-refractivity contribution >= 4 is 59.0 Å². The molecule has 164 valence electrons. The number of imide groups is 1. The number of anilines is 1. The molecule has 0 fully saturated rings. The van der Waals surface area contributed by atoms with Crippen LogP contribution in [0.1, 0.15) is 24.2 Å². The van der Waals surface area contributed by atoms with Crippen molar-refractivity contribution in [3.05, 3.63) is 28.5 Å². The number of ether oxygens (including phenoxy) is 2. The summed E-state index contributed by atoms with van der Waals surface area (Å²) < 4.78 is 24.4. The first-order chi connectivity index (χ1) is 14.0. The lowest BCUT2D eigenvalue weighted by molar-refractivity contribution is -0.152. The Morgan fingerprint density at radius 1 is 1.20 bits per heavy atom. The Bertz CT molecular complexity index is 867. The second-order valence-corrected chi connectivity index (χ2v) is 6.71. The van der Waals surface area contributed by atoms with Crippen molar-refractivity contribution in [2.45, 2.75) is 20.0 Å². The van der Waals surface area contributed by atoms with E-state index in [2.05, 4.69) is 12.2 Å². The zero-order valence-corrected chi connectivity index (χ0v) is 18.5. The molecule has 0 N–H and O–H groups in total. The molecule has 1 unspecified atom stereocenters. The Hall–Kier alpha value is -2.79. The van der Waals surface area contributed by atoms with Gasteiger partial charge < -0.3 is 14.4 Å². The van der Waals surface area contributed by atoms with Crippen LogP contribution in [0.4, 0.5) is 19.7 Å². The molecule has 30 heavy (non-hydrogen) atoms. The van der Waals surface area contributed by atoms with Crippen LogP contribution < -0.4 is 4.90 Å². The van der Waals surface area contributed by atoms with Gasteiger partial charge in [0.15, 0.2) is 6.10 Å². The molecule has 1 atom stereocenters. The van der Waals surface area contributed by atoms with Crippen molar-refractivity contribution in [3.8, 4) is 0 Å². The number of halogens is 2. The molecule has 0 aliphatic heterocycles. The van der Waals surface area contributed by atoms with Crippen molar-refractivity contribution in [1.29, 1.82) is 0 Å². The predicted molar refractivity (Wildman–Crippen MR) is 111 cm³/mol. The van der Waals surface area contributed by atoms with E-state index in [4.69, 9.17) is 21.1 Å². The third kappa shape index (κ3) is 5.86. The molecule has 1 aromatic rings. The van der Waals surface area contributed by atoms with Crippen molar-refractivity contribution in [2.75, 3.05) is 32.6 Å². The quantitative estimate of drug-likeness (QED) is 0.474.